The minimum absolute atomic E-state index is 0.186. The monoisotopic (exact) mass is 230 g/mol. The highest BCUT2D eigenvalue weighted by atomic mass is 32.2. The summed E-state index contributed by atoms with van der Waals surface area (Å²) in [6, 6.07) is 0. The molecule has 0 radical (unpaired) electrons. The fourth-order valence-corrected chi connectivity index (χ4v) is 2.85. The van der Waals surface area contributed by atoms with Gasteiger partial charge in [-0.25, -0.2) is 0 Å². The Hall–Kier alpha value is -1.14. The average Bonchev–Trinajstić information content (AvgIpc) is 2.09. The number of nitrogens with two attached hydrogens (primary N) is 4. The largest absolute Gasteiger partial charge is 0.396 e. The number of hydrogen-bond donors (Lipinski definition) is 5. The van der Waals surface area contributed by atoms with E-state index in [1.54, 1.807) is 0 Å². The van der Waals surface area contributed by atoms with Crippen molar-refractivity contribution in [1.29, 1.82) is 0 Å². The van der Waals surface area contributed by atoms with Crippen molar-refractivity contribution in [2.45, 2.75) is 20.8 Å². The zero-order chi connectivity index (χ0) is 12.0. The van der Waals surface area contributed by atoms with Crippen molar-refractivity contribution in [3.8, 4) is 0 Å². The van der Waals surface area contributed by atoms with E-state index in [2.05, 4.69) is 0 Å². The summed E-state index contributed by atoms with van der Waals surface area (Å²) in [5, 5.41) is 0.201. The lowest BCUT2D eigenvalue weighted by molar-refractivity contribution is 0.593. The lowest BCUT2D eigenvalue weighted by atomic mass is 9.89. The molecule has 15 heavy (non-hydrogen) atoms. The molecule has 0 saturated heterocycles. The molecule has 9 N–H and O–H groups in total. The van der Waals surface area contributed by atoms with Crippen LogP contribution in [0, 0.1) is 5.41 Å². The Morgan fingerprint density at radius 2 is 1.40 bits per heavy atom. The second-order valence-electron chi connectivity index (χ2n) is 4.47. The molecule has 1 aliphatic rings. The molecule has 0 spiro atoms. The van der Waals surface area contributed by atoms with E-state index in [0.717, 1.165) is 0 Å². The molecule has 0 aromatic rings. The molecule has 1 aliphatic heterocycles. The van der Waals surface area contributed by atoms with E-state index in [0.29, 0.717) is 10.6 Å². The summed E-state index contributed by atoms with van der Waals surface area (Å²) in [6.07, 6.45) is 0. The van der Waals surface area contributed by atoms with Crippen LogP contribution < -0.4 is 22.9 Å². The number of rotatable bonds is 0. The van der Waals surface area contributed by atoms with Crippen LogP contribution in [0.5, 0.6) is 0 Å². The van der Waals surface area contributed by atoms with Gasteiger partial charge in [-0.15, -0.1) is 0 Å². The molecule has 1 rings (SSSR count). The maximum absolute atomic E-state index is 9.99. The quantitative estimate of drug-likeness (QED) is 0.380. The summed E-state index contributed by atoms with van der Waals surface area (Å²) in [6.45, 7) is 5.81. The summed E-state index contributed by atoms with van der Waals surface area (Å²) in [7, 11) is -1.24. The highest BCUT2D eigenvalue weighted by Gasteiger charge is 2.30. The third-order valence-corrected chi connectivity index (χ3v) is 4.03. The Bertz CT molecular complexity index is 395. The molecule has 0 aliphatic carbocycles. The van der Waals surface area contributed by atoms with Gasteiger partial charge in [0.2, 0.25) is 0 Å². The van der Waals surface area contributed by atoms with Gasteiger partial charge < -0.3 is 27.5 Å². The standard InChI is InChI=1S/C9H18N4OS/c1-9(2,3)7-5(11)4(10)6(12)8(13)15(7)14/h14H,10-13H2,1-3H3. The highest BCUT2D eigenvalue weighted by molar-refractivity contribution is 8.14. The van der Waals surface area contributed by atoms with Gasteiger partial charge in [0.1, 0.15) is 5.03 Å². The van der Waals surface area contributed by atoms with Crippen molar-refractivity contribution in [1.82, 2.24) is 0 Å². The first-order chi connectivity index (χ1) is 6.68. The van der Waals surface area contributed by atoms with Crippen LogP contribution in [-0.4, -0.2) is 9.42 Å². The molecule has 0 bridgehead atoms. The summed E-state index contributed by atoms with van der Waals surface area (Å²) in [4.78, 5) is 0.645. The molecule has 0 fully saturated rings. The van der Waals surface area contributed by atoms with Crippen LogP contribution in [0.1, 0.15) is 20.8 Å². The predicted octanol–water partition coefficient (Wildman–Crippen LogP) is 0.176. The molecule has 0 saturated carbocycles. The van der Waals surface area contributed by atoms with Crippen LogP contribution >= 0.6 is 10.8 Å². The Morgan fingerprint density at radius 3 is 1.80 bits per heavy atom. The number of hydrogen-bond acceptors (Lipinski definition) is 5. The summed E-state index contributed by atoms with van der Waals surface area (Å²) >= 11 is 0. The first-order valence-electron chi connectivity index (χ1n) is 4.50. The predicted molar refractivity (Wildman–Crippen MR) is 65.5 cm³/mol. The van der Waals surface area contributed by atoms with Gasteiger partial charge in [0.05, 0.1) is 17.1 Å². The van der Waals surface area contributed by atoms with E-state index in [4.69, 9.17) is 22.9 Å². The normalized spacial score (nSPS) is 23.7. The molecule has 1 heterocycles. The average molecular weight is 230 g/mol. The maximum atomic E-state index is 9.99. The lowest BCUT2D eigenvalue weighted by Crippen LogP contribution is -2.35. The van der Waals surface area contributed by atoms with E-state index in [1.807, 2.05) is 20.8 Å². The molecular weight excluding hydrogens is 212 g/mol. The van der Waals surface area contributed by atoms with Gasteiger partial charge in [0, 0.05) is 4.86 Å². The molecule has 5 nitrogen and oxygen atoms in total. The first-order valence-corrected chi connectivity index (χ1v) is 5.68. The third kappa shape index (κ3) is 1.82. The van der Waals surface area contributed by atoms with Crippen molar-refractivity contribution in [3.63, 3.8) is 0 Å². The van der Waals surface area contributed by atoms with Gasteiger partial charge in [-0.3, -0.25) is 0 Å². The summed E-state index contributed by atoms with van der Waals surface area (Å²) in [5.74, 6) is 0. The minimum Gasteiger partial charge on any atom is -0.396 e. The zero-order valence-electron chi connectivity index (χ0n) is 9.16. The van der Waals surface area contributed by atoms with Crippen LogP contribution in [0.15, 0.2) is 22.1 Å². The second-order valence-corrected chi connectivity index (χ2v) is 5.89. The first kappa shape index (κ1) is 11.9. The minimum atomic E-state index is -1.24. The highest BCUT2D eigenvalue weighted by Crippen LogP contribution is 2.36. The Kier molecular flexibility index (Phi) is 2.75. The van der Waals surface area contributed by atoms with Crippen LogP contribution in [0.3, 0.4) is 0 Å². The molecule has 0 amide bonds. The number of allylic oxidation sites excluding steroid dienone is 1. The molecule has 1 atom stereocenters. The zero-order valence-corrected chi connectivity index (χ0v) is 9.98. The fraction of sp³-hybridized carbons (Fsp3) is 0.444. The Morgan fingerprint density at radius 1 is 0.933 bits per heavy atom. The SMILES string of the molecule is CC(C)(C)C1=S(O)C(N)=C(N)C(N)=C1N. The van der Waals surface area contributed by atoms with Crippen LogP contribution in [-0.2, 0) is 0 Å². The molecule has 0 aromatic carbocycles. The van der Waals surface area contributed by atoms with Crippen LogP contribution in [0.2, 0.25) is 0 Å². The van der Waals surface area contributed by atoms with Gasteiger partial charge in [-0.2, -0.15) is 0 Å². The van der Waals surface area contributed by atoms with Gasteiger partial charge in [0.15, 0.2) is 0 Å². The van der Waals surface area contributed by atoms with Crippen LogP contribution in [0.25, 0.3) is 0 Å². The van der Waals surface area contributed by atoms with E-state index < -0.39 is 10.8 Å². The van der Waals surface area contributed by atoms with Gasteiger partial charge >= 0.3 is 0 Å². The van der Waals surface area contributed by atoms with Crippen molar-refractivity contribution in [3.05, 3.63) is 22.1 Å². The van der Waals surface area contributed by atoms with Crippen molar-refractivity contribution in [2.75, 3.05) is 0 Å². The van der Waals surface area contributed by atoms with Crippen molar-refractivity contribution in [2.24, 2.45) is 28.3 Å². The summed E-state index contributed by atoms with van der Waals surface area (Å²) in [5.41, 5.74) is 23.4. The Labute approximate surface area is 91.9 Å². The van der Waals surface area contributed by atoms with E-state index >= 15 is 0 Å². The second kappa shape index (κ2) is 3.46. The maximum Gasteiger partial charge on any atom is 0.111 e. The fourth-order valence-electron chi connectivity index (χ4n) is 1.41. The summed E-state index contributed by atoms with van der Waals surface area (Å²) < 4.78 is 9.99. The topological polar surface area (TPSA) is 124 Å². The van der Waals surface area contributed by atoms with Crippen molar-refractivity contribution < 1.29 is 4.55 Å². The van der Waals surface area contributed by atoms with Gasteiger partial charge in [-0.05, 0) is 16.2 Å². The molecular formula is C9H18N4OS. The molecule has 86 valence electrons. The lowest BCUT2D eigenvalue weighted by Gasteiger charge is -2.29. The Balaban J connectivity index is 3.54. The third-order valence-electron chi connectivity index (χ3n) is 2.17. The van der Waals surface area contributed by atoms with Crippen LogP contribution in [0.4, 0.5) is 0 Å². The molecule has 0 aromatic heterocycles. The smallest absolute Gasteiger partial charge is 0.111 e. The van der Waals surface area contributed by atoms with Gasteiger partial charge in [-0.1, -0.05) is 20.8 Å². The van der Waals surface area contributed by atoms with Gasteiger partial charge in [0.25, 0.3) is 0 Å². The van der Waals surface area contributed by atoms with Crippen molar-refractivity contribution >= 4 is 15.6 Å². The molecule has 1 unspecified atom stereocenters. The van der Waals surface area contributed by atoms with E-state index in [9.17, 15) is 4.55 Å². The van der Waals surface area contributed by atoms with E-state index in [1.165, 1.54) is 0 Å². The van der Waals surface area contributed by atoms with E-state index in [-0.39, 0.29) is 21.8 Å². The molecule has 6 heteroatoms.